The van der Waals surface area contributed by atoms with Crippen molar-refractivity contribution in [1.29, 1.82) is 0 Å². The van der Waals surface area contributed by atoms with E-state index in [0.29, 0.717) is 33.7 Å². The fraction of sp³-hybridized carbons (Fsp3) is 0.0435. The van der Waals surface area contributed by atoms with Gasteiger partial charge in [0, 0.05) is 41.2 Å². The fourth-order valence-electron chi connectivity index (χ4n) is 2.96. The molecule has 154 valence electrons. The zero-order chi connectivity index (χ0) is 21.8. The minimum atomic E-state index is -0.484. The number of halogens is 1. The molecule has 1 amide bonds. The van der Waals surface area contributed by atoms with Crippen molar-refractivity contribution < 1.29 is 9.90 Å². The molecule has 4 aromatic rings. The van der Waals surface area contributed by atoms with E-state index in [0.717, 1.165) is 5.56 Å². The molecule has 0 bridgehead atoms. The highest BCUT2D eigenvalue weighted by Gasteiger charge is 2.10. The molecule has 3 N–H and O–H groups in total. The van der Waals surface area contributed by atoms with Gasteiger partial charge in [-0.2, -0.15) is 0 Å². The fourth-order valence-corrected chi connectivity index (χ4v) is 3.08. The largest absolute Gasteiger partial charge is 0.507 e. The van der Waals surface area contributed by atoms with Gasteiger partial charge < -0.3 is 15.4 Å². The van der Waals surface area contributed by atoms with E-state index in [4.69, 9.17) is 11.6 Å². The molecular weight excluding hydrogens is 416 g/mol. The van der Waals surface area contributed by atoms with Crippen LogP contribution < -0.4 is 10.9 Å². The molecule has 2 aromatic carbocycles. The number of aromatic amines is 1. The molecule has 0 spiro atoms. The number of aliphatic hydroxyl groups is 1. The normalized spacial score (nSPS) is 11.5. The minimum absolute atomic E-state index is 0.0508. The second-order valence-corrected chi connectivity index (χ2v) is 7.19. The van der Waals surface area contributed by atoms with Gasteiger partial charge in [-0.15, -0.1) is 0 Å². The van der Waals surface area contributed by atoms with Gasteiger partial charge in [0.05, 0.1) is 11.0 Å². The van der Waals surface area contributed by atoms with Crippen molar-refractivity contribution in [3.63, 3.8) is 0 Å². The summed E-state index contributed by atoms with van der Waals surface area (Å²) in [7, 11) is 0. The zero-order valence-electron chi connectivity index (χ0n) is 16.2. The molecule has 2 heterocycles. The molecule has 0 aliphatic carbocycles. The lowest BCUT2D eigenvalue weighted by Crippen LogP contribution is -2.23. The lowest BCUT2D eigenvalue weighted by Gasteiger charge is -2.07. The van der Waals surface area contributed by atoms with Crippen LogP contribution in [0.2, 0.25) is 5.02 Å². The summed E-state index contributed by atoms with van der Waals surface area (Å²) in [4.78, 5) is 35.9. The second kappa shape index (κ2) is 8.81. The Kier molecular flexibility index (Phi) is 5.77. The van der Waals surface area contributed by atoms with Crippen LogP contribution in [0.3, 0.4) is 0 Å². The summed E-state index contributed by atoms with van der Waals surface area (Å²) in [5, 5.41) is 13.7. The van der Waals surface area contributed by atoms with Gasteiger partial charge in [0.2, 0.25) is 0 Å². The van der Waals surface area contributed by atoms with E-state index in [1.54, 1.807) is 54.9 Å². The Bertz CT molecular complexity index is 1330. The van der Waals surface area contributed by atoms with Gasteiger partial charge in [-0.25, -0.2) is 4.98 Å². The number of nitrogens with one attached hydrogen (secondary N) is 2. The topological polar surface area (TPSA) is 108 Å². The number of benzene rings is 2. The highest BCUT2D eigenvalue weighted by molar-refractivity contribution is 6.30. The summed E-state index contributed by atoms with van der Waals surface area (Å²) in [6.45, 7) is 0.363. The Morgan fingerprint density at radius 2 is 1.77 bits per heavy atom. The molecule has 0 atom stereocenters. The van der Waals surface area contributed by atoms with Gasteiger partial charge in [-0.05, 0) is 60.2 Å². The van der Waals surface area contributed by atoms with Crippen LogP contribution in [0.5, 0.6) is 0 Å². The van der Waals surface area contributed by atoms with Crippen molar-refractivity contribution in [1.82, 2.24) is 20.3 Å². The molecule has 31 heavy (non-hydrogen) atoms. The Hall–Kier alpha value is -3.97. The van der Waals surface area contributed by atoms with E-state index in [1.165, 1.54) is 6.08 Å². The third-order valence-electron chi connectivity index (χ3n) is 4.60. The number of nitrogens with zero attached hydrogens (tertiary/aromatic N) is 2. The number of carbonyl (C=O) groups excluding carboxylic acids is 1. The molecule has 0 saturated carbocycles. The monoisotopic (exact) mass is 432 g/mol. The van der Waals surface area contributed by atoms with Crippen LogP contribution in [-0.2, 0) is 6.54 Å². The number of aliphatic hydroxyl groups excluding tert-OH is 1. The first-order chi connectivity index (χ1) is 15.0. The van der Waals surface area contributed by atoms with Gasteiger partial charge in [-0.3, -0.25) is 14.6 Å². The molecule has 0 aliphatic rings. The summed E-state index contributed by atoms with van der Waals surface area (Å²) >= 11 is 5.85. The average molecular weight is 433 g/mol. The third-order valence-corrected chi connectivity index (χ3v) is 4.85. The first-order valence-corrected chi connectivity index (χ1v) is 9.75. The van der Waals surface area contributed by atoms with Crippen LogP contribution in [-0.4, -0.2) is 26.0 Å². The Labute approximate surface area is 182 Å². The Morgan fingerprint density at radius 3 is 2.52 bits per heavy atom. The summed E-state index contributed by atoms with van der Waals surface area (Å²) in [6, 6.07) is 15.0. The van der Waals surface area contributed by atoms with Crippen molar-refractivity contribution in [3.05, 3.63) is 105 Å². The average Bonchev–Trinajstić information content (AvgIpc) is 2.78. The van der Waals surface area contributed by atoms with Crippen LogP contribution in [0, 0.1) is 0 Å². The van der Waals surface area contributed by atoms with E-state index < -0.39 is 5.56 Å². The van der Waals surface area contributed by atoms with Crippen molar-refractivity contribution >= 4 is 40.4 Å². The molecule has 0 unspecified atom stereocenters. The maximum absolute atomic E-state index is 12.4. The third kappa shape index (κ3) is 4.79. The highest BCUT2D eigenvalue weighted by Crippen LogP contribution is 2.18. The van der Waals surface area contributed by atoms with Crippen LogP contribution in [0.1, 0.15) is 27.2 Å². The van der Waals surface area contributed by atoms with E-state index in [1.807, 2.05) is 12.1 Å². The smallest absolute Gasteiger partial charge is 0.274 e. The Balaban J connectivity index is 1.57. The molecule has 0 radical (unpaired) electrons. The second-order valence-electron chi connectivity index (χ2n) is 6.76. The maximum Gasteiger partial charge on any atom is 0.274 e. The number of aromatic nitrogens is 3. The lowest BCUT2D eigenvalue weighted by molar-refractivity contribution is 0.0951. The number of hydrogen-bond donors (Lipinski definition) is 3. The summed E-state index contributed by atoms with van der Waals surface area (Å²) in [5.41, 5.74) is 2.30. The molecule has 0 saturated heterocycles. The standard InChI is InChI=1S/C23H17ClN4O3/c24-17-4-1-15(2-5-17)21(29)12-20-23(31)28-19-11-16(3-6-18(19)27-20)22(30)26-13-14-7-9-25-10-8-14/h1-12,29H,13H2,(H,26,30)(H,28,31). The van der Waals surface area contributed by atoms with Gasteiger partial charge in [0.25, 0.3) is 11.5 Å². The van der Waals surface area contributed by atoms with Gasteiger partial charge in [0.15, 0.2) is 0 Å². The van der Waals surface area contributed by atoms with Gasteiger partial charge in [0.1, 0.15) is 11.5 Å². The number of pyridine rings is 1. The molecular formula is C23H17ClN4O3. The van der Waals surface area contributed by atoms with Crippen LogP contribution in [0.15, 0.2) is 71.8 Å². The van der Waals surface area contributed by atoms with Crippen LogP contribution >= 0.6 is 11.6 Å². The first-order valence-electron chi connectivity index (χ1n) is 9.37. The number of carbonyl (C=O) groups is 1. The number of amides is 1. The summed E-state index contributed by atoms with van der Waals surface area (Å²) < 4.78 is 0. The van der Waals surface area contributed by atoms with Crippen LogP contribution in [0.4, 0.5) is 0 Å². The van der Waals surface area contributed by atoms with Crippen molar-refractivity contribution in [3.8, 4) is 0 Å². The van der Waals surface area contributed by atoms with E-state index >= 15 is 0 Å². The minimum Gasteiger partial charge on any atom is -0.507 e. The predicted molar refractivity (Wildman–Crippen MR) is 120 cm³/mol. The SMILES string of the molecule is O=C(NCc1ccncc1)c1ccc2nc(C=C(O)c3ccc(Cl)cc3)c(=O)[nH]c2c1. The predicted octanol–water partition coefficient (Wildman–Crippen LogP) is 3.96. The highest BCUT2D eigenvalue weighted by atomic mass is 35.5. The Morgan fingerprint density at radius 1 is 1.06 bits per heavy atom. The first kappa shape index (κ1) is 20.3. The molecule has 2 aromatic heterocycles. The van der Waals surface area contributed by atoms with E-state index in [2.05, 4.69) is 20.3 Å². The number of rotatable bonds is 5. The van der Waals surface area contributed by atoms with Crippen molar-refractivity contribution in [2.24, 2.45) is 0 Å². The van der Waals surface area contributed by atoms with Crippen molar-refractivity contribution in [2.45, 2.75) is 6.54 Å². The summed E-state index contributed by atoms with van der Waals surface area (Å²) in [5.74, 6) is -0.384. The molecule has 0 fully saturated rings. The zero-order valence-corrected chi connectivity index (χ0v) is 16.9. The van der Waals surface area contributed by atoms with Crippen LogP contribution in [0.25, 0.3) is 22.9 Å². The summed E-state index contributed by atoms with van der Waals surface area (Å²) in [6.07, 6.45) is 4.60. The molecule has 4 rings (SSSR count). The molecule has 0 aliphatic heterocycles. The lowest BCUT2D eigenvalue weighted by atomic mass is 10.1. The quantitative estimate of drug-likeness (QED) is 0.414. The van der Waals surface area contributed by atoms with Crippen molar-refractivity contribution in [2.75, 3.05) is 0 Å². The molecule has 8 heteroatoms. The number of H-pyrrole nitrogens is 1. The van der Waals surface area contributed by atoms with E-state index in [9.17, 15) is 14.7 Å². The van der Waals surface area contributed by atoms with E-state index in [-0.39, 0.29) is 17.4 Å². The van der Waals surface area contributed by atoms with Gasteiger partial charge in [-0.1, -0.05) is 11.6 Å². The maximum atomic E-state index is 12.4. The number of hydrogen-bond acceptors (Lipinski definition) is 5. The van der Waals surface area contributed by atoms with Gasteiger partial charge >= 0.3 is 0 Å². The number of fused-ring (bicyclic) bond motifs is 1. The molecule has 7 nitrogen and oxygen atoms in total.